The molecule has 5 aliphatic rings. The SMILES string of the molecule is COCO[C@@H]1[C@@H](O)[C@H](OCOC)[C@H]2CNC(=O)C[C@H]3O[C@H](CNC(=O)C[C@H]4O[C@H](CNC(=O)C[C@H]5O[C@H](CNC(=O)C[C@@H]1O2)[C@@H](OCOC)[C@H](O)[C@H]5OCOC)[C@@H](OCOC)[C@H](O)[C@H]4OCOC)[C@@H](OCOC)[C@H](O)[C@H]3OCOC. The molecule has 5 fully saturated rings. The van der Waals surface area contributed by atoms with E-state index in [0.717, 1.165) is 0 Å². The highest BCUT2D eigenvalue weighted by molar-refractivity contribution is 5.78. The first kappa shape index (κ1) is 67.7. The Kier molecular flexibility index (Phi) is 30.4. The minimum Gasteiger partial charge on any atom is -0.387 e. The molecule has 32 heteroatoms. The Morgan fingerprint density at radius 3 is 0.600 bits per heavy atom. The van der Waals surface area contributed by atoms with Gasteiger partial charge in [-0.1, -0.05) is 0 Å². The van der Waals surface area contributed by atoms with Gasteiger partial charge in [0.2, 0.25) is 23.6 Å². The maximum atomic E-state index is 14.0. The predicted molar refractivity (Wildman–Crippen MR) is 263 cm³/mol. The van der Waals surface area contributed by atoms with Gasteiger partial charge in [-0.3, -0.25) is 19.2 Å². The number of amides is 4. The summed E-state index contributed by atoms with van der Waals surface area (Å²) in [4.78, 5) is 56.1. The van der Waals surface area contributed by atoms with Gasteiger partial charge >= 0.3 is 0 Å². The predicted octanol–water partition coefficient (Wildman–Crippen LogP) is -5.55. The summed E-state index contributed by atoms with van der Waals surface area (Å²) >= 11 is 0. The molecule has 0 aromatic carbocycles. The van der Waals surface area contributed by atoms with E-state index in [9.17, 15) is 39.6 Å². The molecule has 0 radical (unpaired) electrons. The second-order valence-corrected chi connectivity index (χ2v) is 19.1. The highest BCUT2D eigenvalue weighted by atomic mass is 16.7. The quantitative estimate of drug-likeness (QED) is 0.0418. The van der Waals surface area contributed by atoms with E-state index < -0.39 is 171 Å². The summed E-state index contributed by atoms with van der Waals surface area (Å²) < 4.78 is 114. The fraction of sp³-hybridized carbons (Fsp3) is 0.917. The van der Waals surface area contributed by atoms with Crippen molar-refractivity contribution in [3.05, 3.63) is 0 Å². The molecule has 0 spiro atoms. The van der Waals surface area contributed by atoms with Gasteiger partial charge in [0, 0.05) is 83.1 Å². The monoisotopic (exact) mass is 1160 g/mol. The first-order chi connectivity index (χ1) is 38.7. The minimum absolute atomic E-state index is 0.321. The average Bonchev–Trinajstić information content (AvgIpc) is 3.43. The van der Waals surface area contributed by atoms with Crippen LogP contribution in [-0.4, -0.2) is 304 Å². The summed E-state index contributed by atoms with van der Waals surface area (Å²) in [5.41, 5.74) is 0. The van der Waals surface area contributed by atoms with Crippen LogP contribution in [0.2, 0.25) is 0 Å². The topological polar surface area (TPSA) is 382 Å². The number of aliphatic hydroxyl groups is 4. The van der Waals surface area contributed by atoms with E-state index in [0.29, 0.717) is 0 Å². The molecule has 0 aliphatic carbocycles. The summed E-state index contributed by atoms with van der Waals surface area (Å²) in [6.45, 7) is -3.91. The van der Waals surface area contributed by atoms with Crippen molar-refractivity contribution in [1.29, 1.82) is 0 Å². The second-order valence-electron chi connectivity index (χ2n) is 19.1. The summed E-state index contributed by atoms with van der Waals surface area (Å²) in [5.74, 6) is -2.62. The fourth-order valence-electron chi connectivity index (χ4n) is 10.0. The Balaban J connectivity index is 1.52. The van der Waals surface area contributed by atoms with Gasteiger partial charge < -0.3 is 136 Å². The van der Waals surface area contributed by atoms with Crippen molar-refractivity contribution in [1.82, 2.24) is 21.3 Å². The van der Waals surface area contributed by atoms with Crippen LogP contribution in [0.1, 0.15) is 25.7 Å². The van der Waals surface area contributed by atoms with Crippen LogP contribution < -0.4 is 21.3 Å². The summed E-state index contributed by atoms with van der Waals surface area (Å²) in [7, 11) is 10.9. The fourth-order valence-corrected chi connectivity index (χ4v) is 10.0. The second kappa shape index (κ2) is 35.9. The molecule has 0 aromatic rings. The molecular weight excluding hydrogens is 1080 g/mol. The number of nitrogens with one attached hydrogen (secondary N) is 4. The first-order valence-corrected chi connectivity index (χ1v) is 25.9. The number of hydrogen-bond donors (Lipinski definition) is 8. The third-order valence-corrected chi connectivity index (χ3v) is 13.6. The van der Waals surface area contributed by atoms with E-state index in [4.69, 9.17) is 94.7 Å². The van der Waals surface area contributed by atoms with E-state index in [1.807, 2.05) is 0 Å². The van der Waals surface area contributed by atoms with Crippen molar-refractivity contribution >= 4 is 23.6 Å². The number of carbonyl (C=O) groups excluding carboxylic acids is 4. The number of aliphatic hydroxyl groups excluding tert-OH is 4. The molecule has 5 aliphatic heterocycles. The molecule has 464 valence electrons. The Morgan fingerprint density at radius 1 is 0.300 bits per heavy atom. The molecule has 0 saturated carbocycles. The van der Waals surface area contributed by atoms with E-state index in [1.165, 1.54) is 56.9 Å². The van der Waals surface area contributed by atoms with Crippen LogP contribution in [0, 0.1) is 0 Å². The Morgan fingerprint density at radius 2 is 0.450 bits per heavy atom. The number of rotatable bonds is 24. The van der Waals surface area contributed by atoms with Crippen LogP contribution in [-0.2, 0) is 114 Å². The molecule has 32 nitrogen and oxygen atoms in total. The van der Waals surface area contributed by atoms with Gasteiger partial charge in [-0.05, 0) is 0 Å². The zero-order valence-corrected chi connectivity index (χ0v) is 46.4. The van der Waals surface area contributed by atoms with Crippen LogP contribution in [0.15, 0.2) is 0 Å². The number of ether oxygens (including phenoxy) is 20. The molecule has 8 N–H and O–H groups in total. The standard InChI is InChI=1S/C48H84N4O28/c1-61-17-69-41-25-9-33(53)49-14-30-46(74-22-66-6)38(58)43(71-19-63-3)27(78-30)11-35(55)51-16-32-48(76-24-68-8)40(60)44(72-20-64-4)28(80-32)12-36(56)52-15-31-47(75-23-67-7)39(59)42(70-18-62-2)26(79-31)10-34(54)50-13-29(77-25)45(37(41)57)73-21-65-5/h25-32,37-48,57-60H,9-24H2,1-8H3,(H,49,53)(H,50,54)(H,51,55)(H,52,56)/t25-,26-,27-,28+,29-,30-,31-,32-,37-,38-,39-,40-,41+,42+,43+,44+,45-,46-,47-,48-/m1/s1. The molecule has 5 rings (SSSR count). The molecule has 0 aromatic heterocycles. The van der Waals surface area contributed by atoms with Crippen molar-refractivity contribution in [3.8, 4) is 0 Å². The van der Waals surface area contributed by atoms with Gasteiger partial charge in [-0.25, -0.2) is 0 Å². The van der Waals surface area contributed by atoms with E-state index in [-0.39, 0.29) is 80.5 Å². The van der Waals surface area contributed by atoms with Gasteiger partial charge in [0.1, 0.15) is 152 Å². The molecule has 5 saturated heterocycles. The minimum atomic E-state index is -1.50. The highest BCUT2D eigenvalue weighted by Gasteiger charge is 2.52. The smallest absolute Gasteiger partial charge is 0.222 e. The molecule has 5 heterocycles. The van der Waals surface area contributed by atoms with Crippen molar-refractivity contribution in [2.45, 2.75) is 148 Å². The van der Waals surface area contributed by atoms with Crippen LogP contribution in [0.3, 0.4) is 0 Å². The summed E-state index contributed by atoms with van der Waals surface area (Å²) in [6.07, 6.45) is -27.1. The number of methoxy groups -OCH3 is 8. The lowest BCUT2D eigenvalue weighted by Crippen LogP contribution is -2.64. The maximum Gasteiger partial charge on any atom is 0.222 e. The third kappa shape index (κ3) is 19.5. The lowest BCUT2D eigenvalue weighted by atomic mass is 9.91. The van der Waals surface area contributed by atoms with Crippen molar-refractivity contribution in [3.63, 3.8) is 0 Å². The summed E-state index contributed by atoms with van der Waals surface area (Å²) in [5, 5.41) is 58.4. The van der Waals surface area contributed by atoms with E-state index in [1.54, 1.807) is 0 Å². The van der Waals surface area contributed by atoms with Crippen LogP contribution in [0.4, 0.5) is 0 Å². The van der Waals surface area contributed by atoms with Gasteiger partial charge in [0.15, 0.2) is 0 Å². The molecule has 20 atom stereocenters. The molecule has 0 unspecified atom stereocenters. The lowest BCUT2D eigenvalue weighted by Gasteiger charge is -2.45. The zero-order valence-electron chi connectivity index (χ0n) is 46.4. The average molecular weight is 1170 g/mol. The van der Waals surface area contributed by atoms with E-state index in [2.05, 4.69) is 21.3 Å². The number of hydrogen-bond acceptors (Lipinski definition) is 28. The molecule has 80 heavy (non-hydrogen) atoms. The first-order valence-electron chi connectivity index (χ1n) is 25.9. The van der Waals surface area contributed by atoms with Crippen LogP contribution in [0.25, 0.3) is 0 Å². The van der Waals surface area contributed by atoms with Gasteiger partial charge in [-0.15, -0.1) is 0 Å². The van der Waals surface area contributed by atoms with Gasteiger partial charge in [0.05, 0.1) is 50.1 Å². The normalized spacial score (nSPS) is 37.4. The largest absolute Gasteiger partial charge is 0.387 e. The number of fused-ring (bicyclic) bond motifs is 8. The summed E-state index contributed by atoms with van der Waals surface area (Å²) in [6, 6.07) is 0. The Hall–Kier alpha value is -3.08. The molecule has 4 amide bonds. The Labute approximate surface area is 463 Å². The Bertz CT molecular complexity index is 1560. The lowest BCUT2D eigenvalue weighted by molar-refractivity contribution is -0.272. The van der Waals surface area contributed by atoms with Gasteiger partial charge in [-0.2, -0.15) is 0 Å². The molecule has 8 bridgehead atoms. The van der Waals surface area contributed by atoms with E-state index >= 15 is 0 Å². The highest BCUT2D eigenvalue weighted by Crippen LogP contribution is 2.33. The maximum absolute atomic E-state index is 14.0. The third-order valence-electron chi connectivity index (χ3n) is 13.6. The zero-order chi connectivity index (χ0) is 58.1. The van der Waals surface area contributed by atoms with Gasteiger partial charge in [0.25, 0.3) is 0 Å². The van der Waals surface area contributed by atoms with Crippen molar-refractivity contribution < 1.29 is 134 Å². The number of carbonyl (C=O) groups is 4. The molecular formula is C48H84N4O28. The van der Waals surface area contributed by atoms with Crippen LogP contribution >= 0.6 is 0 Å². The van der Waals surface area contributed by atoms with Crippen molar-refractivity contribution in [2.24, 2.45) is 0 Å². The van der Waals surface area contributed by atoms with Crippen LogP contribution in [0.5, 0.6) is 0 Å². The van der Waals surface area contributed by atoms with Crippen molar-refractivity contribution in [2.75, 3.05) is 137 Å².